The topological polar surface area (TPSA) is 64.2 Å². The molecule has 1 N–H and O–H groups in total. The van der Waals surface area contributed by atoms with E-state index in [-0.39, 0.29) is 5.56 Å². The average molecular weight is 368 g/mol. The molecule has 2 heterocycles. The Kier molecular flexibility index (Phi) is 4.12. The third-order valence-electron chi connectivity index (χ3n) is 4.52. The summed E-state index contributed by atoms with van der Waals surface area (Å²) in [5.41, 5.74) is 2.81. The second-order valence-electron chi connectivity index (χ2n) is 6.13. The summed E-state index contributed by atoms with van der Waals surface area (Å²) in [5, 5.41) is 13.3. The molecule has 2 aromatic heterocycles. The van der Waals surface area contributed by atoms with E-state index in [9.17, 15) is 4.79 Å². The fourth-order valence-electron chi connectivity index (χ4n) is 3.21. The Morgan fingerprint density at radius 2 is 1.96 bits per heavy atom. The Balaban J connectivity index is 1.84. The van der Waals surface area contributed by atoms with Crippen molar-refractivity contribution in [2.45, 2.75) is 26.9 Å². The highest BCUT2D eigenvalue weighted by Gasteiger charge is 2.15. The molecule has 0 bridgehead atoms. The van der Waals surface area contributed by atoms with Crippen molar-refractivity contribution in [2.24, 2.45) is 0 Å². The van der Waals surface area contributed by atoms with Crippen LogP contribution in [0.3, 0.4) is 0 Å². The van der Waals surface area contributed by atoms with Crippen LogP contribution in [0.4, 0.5) is 5.69 Å². The summed E-state index contributed by atoms with van der Waals surface area (Å²) in [4.78, 5) is 12.7. The Labute approximate surface area is 155 Å². The summed E-state index contributed by atoms with van der Waals surface area (Å²) in [5.74, 6) is 1.30. The predicted molar refractivity (Wildman–Crippen MR) is 104 cm³/mol. The molecule has 7 heteroatoms. The van der Waals surface area contributed by atoms with Crippen molar-refractivity contribution in [3.05, 3.63) is 69.2 Å². The molecule has 0 saturated carbocycles. The summed E-state index contributed by atoms with van der Waals surface area (Å²) >= 11 is 6.02. The van der Waals surface area contributed by atoms with Crippen LogP contribution in [0.2, 0.25) is 5.02 Å². The average Bonchev–Trinajstić information content (AvgIpc) is 3.05. The van der Waals surface area contributed by atoms with Gasteiger partial charge in [0, 0.05) is 17.3 Å². The zero-order valence-corrected chi connectivity index (χ0v) is 15.3. The van der Waals surface area contributed by atoms with E-state index < -0.39 is 0 Å². The highest BCUT2D eigenvalue weighted by atomic mass is 35.5. The van der Waals surface area contributed by atoms with Gasteiger partial charge < -0.3 is 5.32 Å². The lowest BCUT2D eigenvalue weighted by Crippen LogP contribution is -2.23. The molecule has 2 aromatic carbocycles. The minimum Gasteiger partial charge on any atom is -0.378 e. The highest BCUT2D eigenvalue weighted by molar-refractivity contribution is 6.30. The number of aromatic nitrogens is 4. The molecule has 132 valence electrons. The number of aryl methyl sites for hydroxylation is 2. The van der Waals surface area contributed by atoms with E-state index >= 15 is 0 Å². The van der Waals surface area contributed by atoms with Gasteiger partial charge in [0.1, 0.15) is 0 Å². The molecule has 0 radical (unpaired) electrons. The van der Waals surface area contributed by atoms with Crippen LogP contribution in [0, 0.1) is 6.92 Å². The second kappa shape index (κ2) is 6.46. The Morgan fingerprint density at radius 1 is 1.15 bits per heavy atom. The van der Waals surface area contributed by atoms with Crippen molar-refractivity contribution >= 4 is 34.0 Å². The maximum absolute atomic E-state index is 12.7. The van der Waals surface area contributed by atoms with E-state index in [0.717, 1.165) is 22.6 Å². The molecule has 0 aliphatic heterocycles. The lowest BCUT2D eigenvalue weighted by Gasteiger charge is -2.11. The van der Waals surface area contributed by atoms with Crippen molar-refractivity contribution in [3.63, 3.8) is 0 Å². The zero-order chi connectivity index (χ0) is 18.3. The van der Waals surface area contributed by atoms with Gasteiger partial charge in [-0.25, -0.2) is 0 Å². The van der Waals surface area contributed by atoms with Crippen LogP contribution in [0.15, 0.2) is 47.3 Å². The number of hydrogen-bond acceptors (Lipinski definition) is 4. The van der Waals surface area contributed by atoms with Crippen molar-refractivity contribution < 1.29 is 0 Å². The number of rotatable bonds is 4. The molecule has 4 rings (SSSR count). The van der Waals surface area contributed by atoms with Crippen LogP contribution >= 0.6 is 11.6 Å². The second-order valence-corrected chi connectivity index (χ2v) is 6.57. The maximum Gasteiger partial charge on any atom is 0.262 e. The fraction of sp³-hybridized carbons (Fsp3) is 0.211. The third-order valence-corrected chi connectivity index (χ3v) is 4.75. The first-order chi connectivity index (χ1) is 12.6. The number of anilines is 1. The number of nitrogens with zero attached hydrogens (tertiary/aromatic N) is 4. The molecule has 4 aromatic rings. The van der Waals surface area contributed by atoms with Crippen LogP contribution in [0.1, 0.15) is 18.3 Å². The molecular weight excluding hydrogens is 350 g/mol. The summed E-state index contributed by atoms with van der Waals surface area (Å²) in [6.45, 7) is 4.95. The van der Waals surface area contributed by atoms with Gasteiger partial charge in [-0.1, -0.05) is 23.7 Å². The molecule has 0 unspecified atom stereocenters. The molecule has 0 amide bonds. The van der Waals surface area contributed by atoms with E-state index in [1.165, 1.54) is 0 Å². The molecule has 0 aliphatic rings. The Morgan fingerprint density at radius 3 is 2.73 bits per heavy atom. The molecule has 0 aliphatic carbocycles. The summed E-state index contributed by atoms with van der Waals surface area (Å²) in [7, 11) is 0. The largest absolute Gasteiger partial charge is 0.378 e. The number of fused-ring (bicyclic) bond motifs is 3. The minimum absolute atomic E-state index is 0.0453. The van der Waals surface area contributed by atoms with E-state index in [4.69, 9.17) is 11.6 Å². The number of hydrogen-bond donors (Lipinski definition) is 1. The first kappa shape index (κ1) is 16.6. The smallest absolute Gasteiger partial charge is 0.262 e. The number of halogens is 1. The normalized spacial score (nSPS) is 11.3. The fourth-order valence-corrected chi connectivity index (χ4v) is 3.44. The molecular formula is C19H18ClN5O. The predicted octanol–water partition coefficient (Wildman–Crippen LogP) is 3.64. The number of nitrogens with one attached hydrogen (secondary N) is 1. The van der Waals surface area contributed by atoms with Gasteiger partial charge in [0.2, 0.25) is 5.78 Å². The van der Waals surface area contributed by atoms with Crippen molar-refractivity contribution in [1.82, 2.24) is 19.2 Å². The van der Waals surface area contributed by atoms with Crippen molar-refractivity contribution in [3.8, 4) is 0 Å². The van der Waals surface area contributed by atoms with E-state index in [2.05, 4.69) is 15.5 Å². The molecule has 26 heavy (non-hydrogen) atoms. The summed E-state index contributed by atoms with van der Waals surface area (Å²) in [6, 6.07) is 13.3. The van der Waals surface area contributed by atoms with Gasteiger partial charge in [0.15, 0.2) is 5.82 Å². The standard InChI is InChI=1S/C19H18ClN5O/c1-3-24-18(26)14-6-4-5-7-16(14)25-17(22-23-19(24)25)11-21-15-9-8-13(20)10-12(15)2/h4-10,21H,3,11H2,1-2H3. The molecule has 6 nitrogen and oxygen atoms in total. The molecule has 0 saturated heterocycles. The number of benzene rings is 2. The van der Waals surface area contributed by atoms with Crippen LogP contribution in [0.5, 0.6) is 0 Å². The summed E-state index contributed by atoms with van der Waals surface area (Å²) in [6.07, 6.45) is 0. The van der Waals surface area contributed by atoms with Crippen molar-refractivity contribution in [2.75, 3.05) is 5.32 Å². The highest BCUT2D eigenvalue weighted by Crippen LogP contribution is 2.21. The van der Waals surface area contributed by atoms with Gasteiger partial charge in [0.05, 0.1) is 17.4 Å². The van der Waals surface area contributed by atoms with Crippen molar-refractivity contribution in [1.29, 1.82) is 0 Å². The number of para-hydroxylation sites is 1. The SMILES string of the molecule is CCn1c(=O)c2ccccc2n2c(CNc3ccc(Cl)cc3C)nnc12. The van der Waals surface area contributed by atoms with Gasteiger partial charge >= 0.3 is 0 Å². The molecule has 0 atom stereocenters. The van der Waals surface area contributed by atoms with E-state index in [1.54, 1.807) is 4.57 Å². The first-order valence-electron chi connectivity index (χ1n) is 8.45. The summed E-state index contributed by atoms with van der Waals surface area (Å²) < 4.78 is 3.59. The van der Waals surface area contributed by atoms with Crippen LogP contribution in [-0.2, 0) is 13.1 Å². The van der Waals surface area contributed by atoms with Gasteiger partial charge in [-0.05, 0) is 49.7 Å². The first-order valence-corrected chi connectivity index (χ1v) is 8.83. The van der Waals surface area contributed by atoms with E-state index in [1.807, 2.05) is 60.7 Å². The maximum atomic E-state index is 12.7. The van der Waals surface area contributed by atoms with E-state index in [0.29, 0.717) is 29.3 Å². The van der Waals surface area contributed by atoms with Crippen LogP contribution in [0.25, 0.3) is 16.7 Å². The molecule has 0 fully saturated rings. The lowest BCUT2D eigenvalue weighted by atomic mass is 10.2. The van der Waals surface area contributed by atoms with Gasteiger partial charge in [-0.2, -0.15) is 0 Å². The third kappa shape index (κ3) is 2.63. The zero-order valence-electron chi connectivity index (χ0n) is 14.5. The van der Waals surface area contributed by atoms with Gasteiger partial charge in [-0.3, -0.25) is 13.8 Å². The lowest BCUT2D eigenvalue weighted by molar-refractivity contribution is 0.734. The Hall–Kier alpha value is -2.86. The van der Waals surface area contributed by atoms with Crippen LogP contribution < -0.4 is 10.9 Å². The van der Waals surface area contributed by atoms with Crippen LogP contribution in [-0.4, -0.2) is 19.2 Å². The Bertz CT molecular complexity index is 1180. The van der Waals surface area contributed by atoms with Gasteiger partial charge in [-0.15, -0.1) is 10.2 Å². The monoisotopic (exact) mass is 367 g/mol. The quantitative estimate of drug-likeness (QED) is 0.598. The van der Waals surface area contributed by atoms with Gasteiger partial charge in [0.25, 0.3) is 5.56 Å². The minimum atomic E-state index is -0.0453. The molecule has 0 spiro atoms.